The standard InChI is InChI=1S/C17H21N3O3S/c1-13-3-2-4-15(11-13)20-12-17(21)19-10-9-14-5-7-16(8-6-14)24(18,22)23/h2-8,11,20H,9-10,12H2,1H3,(H,19,21)(H2,18,22,23). The molecule has 0 saturated carbocycles. The lowest BCUT2D eigenvalue weighted by molar-refractivity contribution is -0.119. The number of anilines is 1. The van der Waals surface area contributed by atoms with E-state index in [1.165, 1.54) is 12.1 Å². The molecule has 0 saturated heterocycles. The maximum absolute atomic E-state index is 11.8. The second-order valence-electron chi connectivity index (χ2n) is 5.51. The third-order valence-corrected chi connectivity index (χ3v) is 4.39. The first-order valence-electron chi connectivity index (χ1n) is 7.53. The minimum atomic E-state index is -3.67. The van der Waals surface area contributed by atoms with Gasteiger partial charge in [0.15, 0.2) is 0 Å². The molecule has 7 heteroatoms. The summed E-state index contributed by atoms with van der Waals surface area (Å²) < 4.78 is 22.3. The molecule has 0 unspecified atom stereocenters. The molecule has 0 aliphatic rings. The number of rotatable bonds is 7. The van der Waals surface area contributed by atoms with Crippen molar-refractivity contribution >= 4 is 21.6 Å². The summed E-state index contributed by atoms with van der Waals surface area (Å²) in [5, 5.41) is 10.9. The van der Waals surface area contributed by atoms with E-state index < -0.39 is 10.0 Å². The van der Waals surface area contributed by atoms with Crippen LogP contribution in [0.15, 0.2) is 53.4 Å². The Morgan fingerprint density at radius 2 is 1.83 bits per heavy atom. The first-order valence-corrected chi connectivity index (χ1v) is 9.08. The summed E-state index contributed by atoms with van der Waals surface area (Å²) in [7, 11) is -3.67. The Hall–Kier alpha value is -2.38. The summed E-state index contributed by atoms with van der Waals surface area (Å²) in [5.74, 6) is -0.0994. The van der Waals surface area contributed by atoms with Gasteiger partial charge in [-0.15, -0.1) is 0 Å². The Bertz CT molecular complexity index is 802. The fourth-order valence-electron chi connectivity index (χ4n) is 2.19. The maximum Gasteiger partial charge on any atom is 0.239 e. The van der Waals surface area contributed by atoms with Crippen molar-refractivity contribution in [3.8, 4) is 0 Å². The summed E-state index contributed by atoms with van der Waals surface area (Å²) in [6.45, 7) is 2.67. The van der Waals surface area contributed by atoms with Crippen molar-refractivity contribution in [2.75, 3.05) is 18.4 Å². The Balaban J connectivity index is 1.74. The molecule has 0 bridgehead atoms. The quantitative estimate of drug-likeness (QED) is 0.705. The number of nitrogens with two attached hydrogens (primary N) is 1. The van der Waals surface area contributed by atoms with Gasteiger partial charge in [-0.05, 0) is 48.7 Å². The van der Waals surface area contributed by atoms with Crippen molar-refractivity contribution < 1.29 is 13.2 Å². The largest absolute Gasteiger partial charge is 0.376 e. The summed E-state index contributed by atoms with van der Waals surface area (Å²) in [6.07, 6.45) is 0.612. The Kier molecular flexibility index (Phi) is 5.94. The molecule has 2 aromatic rings. The van der Waals surface area contributed by atoms with Gasteiger partial charge in [0.1, 0.15) is 0 Å². The second-order valence-corrected chi connectivity index (χ2v) is 7.07. The number of benzene rings is 2. The maximum atomic E-state index is 11.8. The molecule has 24 heavy (non-hydrogen) atoms. The third kappa shape index (κ3) is 5.68. The van der Waals surface area contributed by atoms with Gasteiger partial charge >= 0.3 is 0 Å². The molecule has 6 nitrogen and oxygen atoms in total. The average Bonchev–Trinajstić information content (AvgIpc) is 2.53. The van der Waals surface area contributed by atoms with Gasteiger partial charge in [0.25, 0.3) is 0 Å². The van der Waals surface area contributed by atoms with Gasteiger partial charge in [-0.3, -0.25) is 4.79 Å². The highest BCUT2D eigenvalue weighted by atomic mass is 32.2. The van der Waals surface area contributed by atoms with Crippen molar-refractivity contribution in [3.63, 3.8) is 0 Å². The van der Waals surface area contributed by atoms with Crippen LogP contribution in [0.2, 0.25) is 0 Å². The monoisotopic (exact) mass is 347 g/mol. The second kappa shape index (κ2) is 7.94. The zero-order chi connectivity index (χ0) is 17.6. The van der Waals surface area contributed by atoms with Crippen molar-refractivity contribution in [1.82, 2.24) is 5.32 Å². The lowest BCUT2D eigenvalue weighted by Gasteiger charge is -2.08. The molecule has 0 spiro atoms. The fourth-order valence-corrected chi connectivity index (χ4v) is 2.71. The highest BCUT2D eigenvalue weighted by molar-refractivity contribution is 7.89. The highest BCUT2D eigenvalue weighted by Gasteiger charge is 2.07. The van der Waals surface area contributed by atoms with E-state index in [1.807, 2.05) is 31.2 Å². The SMILES string of the molecule is Cc1cccc(NCC(=O)NCCc2ccc(S(N)(=O)=O)cc2)c1. The molecule has 0 aliphatic heterocycles. The van der Waals surface area contributed by atoms with Crippen LogP contribution in [0.1, 0.15) is 11.1 Å². The molecule has 1 amide bonds. The van der Waals surface area contributed by atoms with Gasteiger partial charge in [0.2, 0.25) is 15.9 Å². The molecule has 0 radical (unpaired) electrons. The smallest absolute Gasteiger partial charge is 0.239 e. The van der Waals surface area contributed by atoms with Crippen LogP contribution in [0.3, 0.4) is 0 Å². The normalized spacial score (nSPS) is 11.1. The number of hydrogen-bond acceptors (Lipinski definition) is 4. The Morgan fingerprint density at radius 3 is 2.46 bits per heavy atom. The summed E-state index contributed by atoms with van der Waals surface area (Å²) >= 11 is 0. The van der Waals surface area contributed by atoms with Gasteiger partial charge in [-0.25, -0.2) is 13.6 Å². The van der Waals surface area contributed by atoms with E-state index in [2.05, 4.69) is 10.6 Å². The molecule has 0 aliphatic carbocycles. The van der Waals surface area contributed by atoms with Crippen LogP contribution in [-0.4, -0.2) is 27.4 Å². The first kappa shape index (κ1) is 18.0. The van der Waals surface area contributed by atoms with Crippen molar-refractivity contribution in [3.05, 3.63) is 59.7 Å². The molecule has 2 rings (SSSR count). The highest BCUT2D eigenvalue weighted by Crippen LogP contribution is 2.09. The predicted molar refractivity (Wildman–Crippen MR) is 94.2 cm³/mol. The van der Waals surface area contributed by atoms with E-state index in [1.54, 1.807) is 12.1 Å². The number of carbonyl (C=O) groups is 1. The molecule has 2 aromatic carbocycles. The van der Waals surface area contributed by atoms with Gasteiger partial charge in [-0.2, -0.15) is 0 Å². The topological polar surface area (TPSA) is 101 Å². The van der Waals surface area contributed by atoms with Crippen LogP contribution in [0.25, 0.3) is 0 Å². The van der Waals surface area contributed by atoms with E-state index in [0.717, 1.165) is 16.8 Å². The third-order valence-electron chi connectivity index (χ3n) is 3.46. The van der Waals surface area contributed by atoms with Crippen LogP contribution in [0.4, 0.5) is 5.69 Å². The van der Waals surface area contributed by atoms with E-state index >= 15 is 0 Å². The average molecular weight is 347 g/mol. The zero-order valence-corrected chi connectivity index (χ0v) is 14.3. The van der Waals surface area contributed by atoms with Crippen molar-refractivity contribution in [2.24, 2.45) is 5.14 Å². The van der Waals surface area contributed by atoms with Crippen LogP contribution in [-0.2, 0) is 21.2 Å². The summed E-state index contributed by atoms with van der Waals surface area (Å²) in [6, 6.07) is 14.1. The van der Waals surface area contributed by atoms with Crippen LogP contribution < -0.4 is 15.8 Å². The van der Waals surface area contributed by atoms with Crippen LogP contribution in [0.5, 0.6) is 0 Å². The molecule has 0 fully saturated rings. The van der Waals surface area contributed by atoms with Crippen LogP contribution >= 0.6 is 0 Å². The Labute approximate surface area is 142 Å². The van der Waals surface area contributed by atoms with Crippen molar-refractivity contribution in [2.45, 2.75) is 18.2 Å². The zero-order valence-electron chi connectivity index (χ0n) is 13.5. The number of nitrogens with one attached hydrogen (secondary N) is 2. The molecule has 0 aromatic heterocycles. The minimum absolute atomic E-state index is 0.0811. The van der Waals surface area contributed by atoms with Gasteiger partial charge in [0, 0.05) is 12.2 Å². The molecule has 0 heterocycles. The molecular weight excluding hydrogens is 326 g/mol. The van der Waals surface area contributed by atoms with Gasteiger partial charge in [-0.1, -0.05) is 24.3 Å². The summed E-state index contributed by atoms with van der Waals surface area (Å²) in [4.78, 5) is 11.9. The van der Waals surface area contributed by atoms with Crippen LogP contribution in [0, 0.1) is 6.92 Å². The number of hydrogen-bond donors (Lipinski definition) is 3. The summed E-state index contributed by atoms with van der Waals surface area (Å²) in [5.41, 5.74) is 2.96. The molecule has 128 valence electrons. The number of amides is 1. The fraction of sp³-hybridized carbons (Fsp3) is 0.235. The predicted octanol–water partition coefficient (Wildman–Crippen LogP) is 1.41. The molecule has 0 atom stereocenters. The van der Waals surface area contributed by atoms with E-state index in [-0.39, 0.29) is 17.3 Å². The number of sulfonamides is 1. The van der Waals surface area contributed by atoms with E-state index in [9.17, 15) is 13.2 Å². The molecular formula is C17H21N3O3S. The van der Waals surface area contributed by atoms with Crippen molar-refractivity contribution in [1.29, 1.82) is 0 Å². The molecule has 4 N–H and O–H groups in total. The lowest BCUT2D eigenvalue weighted by Crippen LogP contribution is -2.31. The lowest BCUT2D eigenvalue weighted by atomic mass is 10.1. The van der Waals surface area contributed by atoms with Gasteiger partial charge in [0.05, 0.1) is 11.4 Å². The number of carbonyl (C=O) groups excluding carboxylic acids is 1. The van der Waals surface area contributed by atoms with E-state index in [0.29, 0.717) is 13.0 Å². The first-order chi connectivity index (χ1) is 11.3. The number of aryl methyl sites for hydroxylation is 1. The number of primary sulfonamides is 1. The van der Waals surface area contributed by atoms with E-state index in [4.69, 9.17) is 5.14 Å². The minimum Gasteiger partial charge on any atom is -0.376 e. The Morgan fingerprint density at radius 1 is 1.12 bits per heavy atom. The van der Waals surface area contributed by atoms with Gasteiger partial charge < -0.3 is 10.6 Å².